The Bertz CT molecular complexity index is 267. The predicted molar refractivity (Wildman–Crippen MR) is 50.7 cm³/mol. The number of benzene rings is 1. The number of Topliss-reactive ketones (excluding diaryl/α,β-unsaturated/α-hetero) is 1. The number of ketones is 1. The van der Waals surface area contributed by atoms with E-state index in [1.807, 2.05) is 19.1 Å². The summed E-state index contributed by atoms with van der Waals surface area (Å²) in [6.45, 7) is 4.19. The molecule has 1 atom stereocenters. The molecule has 1 aromatic rings. The van der Waals surface area contributed by atoms with Crippen molar-refractivity contribution in [3.05, 3.63) is 35.9 Å². The van der Waals surface area contributed by atoms with Crippen LogP contribution >= 0.6 is 0 Å². The highest BCUT2D eigenvalue weighted by atomic mass is 16.5. The maximum absolute atomic E-state index is 11.6. The van der Waals surface area contributed by atoms with E-state index >= 15 is 0 Å². The van der Waals surface area contributed by atoms with Gasteiger partial charge in [0, 0.05) is 12.2 Å². The van der Waals surface area contributed by atoms with Gasteiger partial charge >= 0.3 is 0 Å². The molecule has 0 aliphatic carbocycles. The fraction of sp³-hybridized carbons (Fsp3) is 0.364. The summed E-state index contributed by atoms with van der Waals surface area (Å²) in [5.41, 5.74) is 0.587. The maximum Gasteiger partial charge on any atom is 0.191 e. The summed E-state index contributed by atoms with van der Waals surface area (Å²) < 4.78 is 5.19. The van der Waals surface area contributed by atoms with Crippen LogP contribution in [0.4, 0.5) is 0 Å². The predicted octanol–water partition coefficient (Wildman–Crippen LogP) is 2.09. The topological polar surface area (TPSA) is 26.3 Å². The minimum absolute atomic E-state index is 0.0116. The molecule has 0 amide bonds. The van der Waals surface area contributed by atoms with Crippen molar-refractivity contribution in [3.8, 4) is 0 Å². The Labute approximate surface area is 78.5 Å². The molecule has 0 aromatic heterocycles. The lowest BCUT2D eigenvalue weighted by atomic mass is 10.1. The summed E-state index contributed by atoms with van der Waals surface area (Å²) in [7, 11) is 0. The Hall–Kier alpha value is -1.15. The molecule has 0 heterocycles. The zero-order valence-electron chi connectivity index (χ0n) is 7.91. The van der Waals surface area contributed by atoms with Gasteiger partial charge in [-0.15, -0.1) is 0 Å². The zero-order valence-corrected chi connectivity index (χ0v) is 7.91. The highest BCUT2D eigenvalue weighted by molar-refractivity contribution is 5.98. The number of rotatable bonds is 4. The van der Waals surface area contributed by atoms with Gasteiger partial charge in [0.15, 0.2) is 5.78 Å². The molecule has 0 fully saturated rings. The lowest BCUT2D eigenvalue weighted by Crippen LogP contribution is -2.20. The molecular weight excluding hydrogens is 164 g/mol. The van der Waals surface area contributed by atoms with E-state index in [0.29, 0.717) is 12.2 Å². The number of carbonyl (C=O) groups excluding carboxylic acids is 1. The van der Waals surface area contributed by atoms with Crippen LogP contribution in [0, 0.1) is 6.07 Å². The molecular formula is C11H13O2. The monoisotopic (exact) mass is 177 g/mol. The van der Waals surface area contributed by atoms with Crippen LogP contribution in [0.1, 0.15) is 24.2 Å². The fourth-order valence-corrected chi connectivity index (χ4v) is 1.09. The molecule has 0 aliphatic rings. The smallest absolute Gasteiger partial charge is 0.191 e. The van der Waals surface area contributed by atoms with E-state index in [-0.39, 0.29) is 11.9 Å². The zero-order chi connectivity index (χ0) is 9.68. The summed E-state index contributed by atoms with van der Waals surface area (Å²) in [5.74, 6) is -0.0116. The Kier molecular flexibility index (Phi) is 3.65. The molecule has 0 aliphatic heterocycles. The van der Waals surface area contributed by atoms with Crippen LogP contribution in [-0.4, -0.2) is 18.5 Å². The molecule has 1 unspecified atom stereocenters. The minimum Gasteiger partial charge on any atom is -0.371 e. The molecule has 0 spiro atoms. The summed E-state index contributed by atoms with van der Waals surface area (Å²) in [4.78, 5) is 11.6. The van der Waals surface area contributed by atoms with E-state index in [9.17, 15) is 4.79 Å². The lowest BCUT2D eigenvalue weighted by Gasteiger charge is -2.09. The number of hydrogen-bond donors (Lipinski definition) is 0. The first-order valence-electron chi connectivity index (χ1n) is 4.38. The fourth-order valence-electron chi connectivity index (χ4n) is 1.09. The van der Waals surface area contributed by atoms with Crippen LogP contribution in [0.15, 0.2) is 24.3 Å². The summed E-state index contributed by atoms with van der Waals surface area (Å²) in [6, 6.07) is 10.0. The molecule has 2 nitrogen and oxygen atoms in total. The molecule has 69 valence electrons. The van der Waals surface area contributed by atoms with Crippen molar-refractivity contribution in [2.24, 2.45) is 0 Å². The quantitative estimate of drug-likeness (QED) is 0.658. The first-order chi connectivity index (χ1) is 6.25. The van der Waals surface area contributed by atoms with Crippen molar-refractivity contribution in [3.63, 3.8) is 0 Å². The molecule has 1 aromatic carbocycles. The number of ether oxygens (including phenoxy) is 1. The van der Waals surface area contributed by atoms with Gasteiger partial charge in [0.05, 0.1) is 0 Å². The second-order valence-electron chi connectivity index (χ2n) is 2.74. The van der Waals surface area contributed by atoms with Crippen LogP contribution in [-0.2, 0) is 4.74 Å². The van der Waals surface area contributed by atoms with Crippen molar-refractivity contribution >= 4 is 5.78 Å². The maximum atomic E-state index is 11.6. The first kappa shape index (κ1) is 9.93. The van der Waals surface area contributed by atoms with Crippen LogP contribution in [0.25, 0.3) is 0 Å². The largest absolute Gasteiger partial charge is 0.371 e. The van der Waals surface area contributed by atoms with Crippen LogP contribution in [0.3, 0.4) is 0 Å². The van der Waals surface area contributed by atoms with Crippen LogP contribution < -0.4 is 0 Å². The van der Waals surface area contributed by atoms with Crippen LogP contribution in [0.2, 0.25) is 0 Å². The standard InChI is InChI=1S/C11H13O2/c1-3-13-9(2)11(12)10-7-5-4-6-8-10/h4-7,9H,3H2,1-2H3. The van der Waals surface area contributed by atoms with E-state index in [4.69, 9.17) is 4.74 Å². The molecule has 13 heavy (non-hydrogen) atoms. The summed E-state index contributed by atoms with van der Waals surface area (Å²) in [5, 5.41) is 0. The van der Waals surface area contributed by atoms with E-state index in [1.165, 1.54) is 0 Å². The molecule has 1 radical (unpaired) electrons. The second kappa shape index (κ2) is 4.77. The van der Waals surface area contributed by atoms with Gasteiger partial charge in [-0.1, -0.05) is 24.3 Å². The lowest BCUT2D eigenvalue weighted by molar-refractivity contribution is 0.0520. The Morgan fingerprint density at radius 1 is 1.62 bits per heavy atom. The highest BCUT2D eigenvalue weighted by Gasteiger charge is 2.14. The van der Waals surface area contributed by atoms with Gasteiger partial charge in [0.25, 0.3) is 0 Å². The van der Waals surface area contributed by atoms with Crippen LogP contribution in [0.5, 0.6) is 0 Å². The molecule has 0 saturated heterocycles. The normalized spacial score (nSPS) is 12.5. The molecule has 2 heteroatoms. The average molecular weight is 177 g/mol. The van der Waals surface area contributed by atoms with Gasteiger partial charge in [-0.25, -0.2) is 0 Å². The van der Waals surface area contributed by atoms with Crippen molar-refractivity contribution < 1.29 is 9.53 Å². The van der Waals surface area contributed by atoms with Crippen molar-refractivity contribution in [1.82, 2.24) is 0 Å². The van der Waals surface area contributed by atoms with Gasteiger partial charge in [0.2, 0.25) is 0 Å². The van der Waals surface area contributed by atoms with Gasteiger partial charge in [-0.2, -0.15) is 0 Å². The van der Waals surface area contributed by atoms with Gasteiger partial charge in [0.1, 0.15) is 6.10 Å². The van der Waals surface area contributed by atoms with E-state index in [2.05, 4.69) is 6.07 Å². The summed E-state index contributed by atoms with van der Waals surface area (Å²) in [6.07, 6.45) is -0.372. The average Bonchev–Trinajstić information content (AvgIpc) is 2.18. The first-order valence-corrected chi connectivity index (χ1v) is 4.38. The Morgan fingerprint density at radius 2 is 2.38 bits per heavy atom. The van der Waals surface area contributed by atoms with Crippen molar-refractivity contribution in [1.29, 1.82) is 0 Å². The molecule has 0 saturated carbocycles. The third kappa shape index (κ3) is 2.67. The molecule has 0 N–H and O–H groups in total. The highest BCUT2D eigenvalue weighted by Crippen LogP contribution is 2.04. The Balaban J connectivity index is 2.68. The van der Waals surface area contributed by atoms with Crippen molar-refractivity contribution in [2.45, 2.75) is 20.0 Å². The SMILES string of the molecule is CCOC(C)C(=O)c1[c]cccc1. The Morgan fingerprint density at radius 3 is 2.92 bits per heavy atom. The van der Waals surface area contributed by atoms with E-state index in [1.54, 1.807) is 19.1 Å². The van der Waals surface area contributed by atoms with Gasteiger partial charge in [-0.3, -0.25) is 4.79 Å². The van der Waals surface area contributed by atoms with Gasteiger partial charge < -0.3 is 4.74 Å². The third-order valence-electron chi connectivity index (χ3n) is 1.76. The van der Waals surface area contributed by atoms with Gasteiger partial charge in [-0.05, 0) is 19.9 Å². The number of hydrogen-bond acceptors (Lipinski definition) is 2. The van der Waals surface area contributed by atoms with E-state index in [0.717, 1.165) is 0 Å². The van der Waals surface area contributed by atoms with Crippen molar-refractivity contribution in [2.75, 3.05) is 6.61 Å². The summed E-state index contributed by atoms with van der Waals surface area (Å²) >= 11 is 0. The minimum atomic E-state index is -0.372. The molecule has 0 bridgehead atoms. The third-order valence-corrected chi connectivity index (χ3v) is 1.76. The molecule has 1 rings (SSSR count). The number of carbonyl (C=O) groups is 1. The van der Waals surface area contributed by atoms with E-state index < -0.39 is 0 Å². The second-order valence-corrected chi connectivity index (χ2v) is 2.74.